The van der Waals surface area contributed by atoms with Crippen LogP contribution in [0.3, 0.4) is 0 Å². The molecule has 0 aliphatic rings. The maximum absolute atomic E-state index is 12.0. The van der Waals surface area contributed by atoms with Crippen LogP contribution in [-0.2, 0) is 22.7 Å². The molecule has 5 nitrogen and oxygen atoms in total. The van der Waals surface area contributed by atoms with Crippen molar-refractivity contribution in [2.45, 2.75) is 33.3 Å². The largest absolute Gasteiger partial charge is 0.488 e. The van der Waals surface area contributed by atoms with Gasteiger partial charge >= 0.3 is 5.97 Å². The van der Waals surface area contributed by atoms with E-state index in [1.165, 1.54) is 19.6 Å². The van der Waals surface area contributed by atoms with Gasteiger partial charge in [-0.15, -0.1) is 0 Å². The van der Waals surface area contributed by atoms with Gasteiger partial charge in [-0.3, -0.25) is 0 Å². The molecular weight excluding hydrogens is 318 g/mol. The van der Waals surface area contributed by atoms with E-state index >= 15 is 0 Å². The first-order valence-electron chi connectivity index (χ1n) is 8.24. The lowest BCUT2D eigenvalue weighted by atomic mass is 10.1. The van der Waals surface area contributed by atoms with Crippen molar-refractivity contribution in [3.8, 4) is 11.5 Å². The third kappa shape index (κ3) is 5.35. The second-order valence-electron chi connectivity index (χ2n) is 5.50. The Balaban J connectivity index is 2.11. The number of nitrogens with zero attached hydrogens (tertiary/aromatic N) is 1. The van der Waals surface area contributed by atoms with E-state index in [-0.39, 0.29) is 5.71 Å². The van der Waals surface area contributed by atoms with Crippen molar-refractivity contribution in [1.29, 1.82) is 0 Å². The highest BCUT2D eigenvalue weighted by Crippen LogP contribution is 2.24. The number of para-hydroxylation sites is 2. The number of esters is 1. The lowest BCUT2D eigenvalue weighted by Gasteiger charge is -2.13. The summed E-state index contributed by atoms with van der Waals surface area (Å²) >= 11 is 0. The Hall–Kier alpha value is -2.82. The third-order valence-corrected chi connectivity index (χ3v) is 3.57. The van der Waals surface area contributed by atoms with Crippen LogP contribution in [0.4, 0.5) is 0 Å². The minimum atomic E-state index is -0.555. The molecule has 0 atom stereocenters. The zero-order valence-electron chi connectivity index (χ0n) is 14.8. The molecule has 132 valence electrons. The molecule has 0 heterocycles. The van der Waals surface area contributed by atoms with E-state index in [1.807, 2.05) is 30.3 Å². The van der Waals surface area contributed by atoms with Crippen molar-refractivity contribution >= 4 is 11.7 Å². The Labute approximate surface area is 148 Å². The summed E-state index contributed by atoms with van der Waals surface area (Å²) in [6.45, 7) is 3.98. The maximum atomic E-state index is 12.0. The highest BCUT2D eigenvalue weighted by atomic mass is 16.6. The second-order valence-corrected chi connectivity index (χ2v) is 5.50. The summed E-state index contributed by atoms with van der Waals surface area (Å²) in [6, 6.07) is 15.3. The first kappa shape index (κ1) is 18.5. The molecule has 0 amide bonds. The van der Waals surface area contributed by atoms with E-state index in [1.54, 1.807) is 12.1 Å². The summed E-state index contributed by atoms with van der Waals surface area (Å²) < 4.78 is 11.4. The molecule has 2 aromatic carbocycles. The zero-order valence-corrected chi connectivity index (χ0v) is 14.8. The fourth-order valence-electron chi connectivity index (χ4n) is 2.35. The fraction of sp³-hybridized carbons (Fsp3) is 0.300. The topological polar surface area (TPSA) is 57.1 Å². The summed E-state index contributed by atoms with van der Waals surface area (Å²) in [7, 11) is 1.38. The van der Waals surface area contributed by atoms with Gasteiger partial charge in [0.15, 0.2) is 5.71 Å². The standard InChI is InChI=1S/C20H23NO4/c1-4-9-16-10-5-7-12-18(16)24-14-17-11-6-8-13-19(17)25-20(22)15(2)21-23-3/h5-8,10-13H,4,9,14H2,1-3H3. The average molecular weight is 341 g/mol. The molecule has 2 rings (SSSR count). The molecule has 0 unspecified atom stereocenters. The van der Waals surface area contributed by atoms with Crippen LogP contribution in [0.25, 0.3) is 0 Å². The van der Waals surface area contributed by atoms with Gasteiger partial charge in [-0.05, 0) is 31.0 Å². The van der Waals surface area contributed by atoms with E-state index in [4.69, 9.17) is 9.47 Å². The first-order valence-corrected chi connectivity index (χ1v) is 8.24. The van der Waals surface area contributed by atoms with Gasteiger partial charge in [0, 0.05) is 5.56 Å². The molecule has 0 radical (unpaired) electrons. The monoisotopic (exact) mass is 341 g/mol. The van der Waals surface area contributed by atoms with E-state index in [0.717, 1.165) is 24.2 Å². The van der Waals surface area contributed by atoms with Crippen molar-refractivity contribution in [3.63, 3.8) is 0 Å². The summed E-state index contributed by atoms with van der Waals surface area (Å²) in [6.07, 6.45) is 2.01. The molecule has 0 bridgehead atoms. The van der Waals surface area contributed by atoms with Crippen molar-refractivity contribution < 1.29 is 19.1 Å². The van der Waals surface area contributed by atoms with Crippen molar-refractivity contribution in [3.05, 3.63) is 59.7 Å². The number of carbonyl (C=O) groups is 1. The normalized spacial score (nSPS) is 11.1. The van der Waals surface area contributed by atoms with Crippen molar-refractivity contribution in [2.75, 3.05) is 7.11 Å². The molecule has 0 saturated carbocycles. The maximum Gasteiger partial charge on any atom is 0.361 e. The minimum absolute atomic E-state index is 0.145. The Bertz CT molecular complexity index is 740. The molecular formula is C20H23NO4. The van der Waals surface area contributed by atoms with Crippen LogP contribution in [0.2, 0.25) is 0 Å². The number of rotatable bonds is 8. The van der Waals surface area contributed by atoms with Gasteiger partial charge < -0.3 is 14.3 Å². The van der Waals surface area contributed by atoms with Crippen LogP contribution < -0.4 is 9.47 Å². The van der Waals surface area contributed by atoms with Gasteiger partial charge in [0.1, 0.15) is 25.2 Å². The Morgan fingerprint density at radius 3 is 2.32 bits per heavy atom. The Morgan fingerprint density at radius 1 is 1.00 bits per heavy atom. The number of ether oxygens (including phenoxy) is 2. The molecule has 0 aliphatic carbocycles. The van der Waals surface area contributed by atoms with Crippen LogP contribution in [0.5, 0.6) is 11.5 Å². The van der Waals surface area contributed by atoms with Gasteiger partial charge in [-0.25, -0.2) is 4.79 Å². The van der Waals surface area contributed by atoms with Crippen LogP contribution in [0, 0.1) is 0 Å². The molecule has 0 spiro atoms. The summed E-state index contributed by atoms with van der Waals surface area (Å²) in [5.41, 5.74) is 2.10. The predicted molar refractivity (Wildman–Crippen MR) is 97.0 cm³/mol. The van der Waals surface area contributed by atoms with E-state index in [0.29, 0.717) is 12.4 Å². The SMILES string of the molecule is CCCc1ccccc1OCc1ccccc1OC(=O)C(C)=NOC. The average Bonchev–Trinajstić information content (AvgIpc) is 2.62. The number of benzene rings is 2. The van der Waals surface area contributed by atoms with Gasteiger partial charge in [-0.2, -0.15) is 0 Å². The van der Waals surface area contributed by atoms with E-state index < -0.39 is 5.97 Å². The van der Waals surface area contributed by atoms with Crippen LogP contribution in [0.1, 0.15) is 31.4 Å². The number of hydrogen-bond donors (Lipinski definition) is 0. The highest BCUT2D eigenvalue weighted by molar-refractivity contribution is 6.35. The van der Waals surface area contributed by atoms with Crippen LogP contribution >= 0.6 is 0 Å². The van der Waals surface area contributed by atoms with Crippen molar-refractivity contribution in [2.24, 2.45) is 5.16 Å². The predicted octanol–water partition coefficient (Wildman–Crippen LogP) is 4.15. The molecule has 0 aromatic heterocycles. The summed E-state index contributed by atoms with van der Waals surface area (Å²) in [4.78, 5) is 16.6. The molecule has 0 N–H and O–H groups in total. The molecule has 25 heavy (non-hydrogen) atoms. The van der Waals surface area contributed by atoms with Crippen LogP contribution in [0.15, 0.2) is 53.7 Å². The molecule has 5 heteroatoms. The molecule has 0 aliphatic heterocycles. The highest BCUT2D eigenvalue weighted by Gasteiger charge is 2.13. The smallest absolute Gasteiger partial charge is 0.361 e. The third-order valence-electron chi connectivity index (χ3n) is 3.57. The van der Waals surface area contributed by atoms with Gasteiger partial charge in [0.2, 0.25) is 0 Å². The molecule has 2 aromatic rings. The fourth-order valence-corrected chi connectivity index (χ4v) is 2.35. The Morgan fingerprint density at radius 2 is 1.64 bits per heavy atom. The van der Waals surface area contributed by atoms with E-state index in [9.17, 15) is 4.79 Å². The first-order chi connectivity index (χ1) is 12.2. The zero-order chi connectivity index (χ0) is 18.1. The summed E-state index contributed by atoms with van der Waals surface area (Å²) in [5.74, 6) is 0.745. The second kappa shape index (κ2) is 9.47. The van der Waals surface area contributed by atoms with Crippen molar-refractivity contribution in [1.82, 2.24) is 0 Å². The number of oxime groups is 1. The van der Waals surface area contributed by atoms with Crippen LogP contribution in [-0.4, -0.2) is 18.8 Å². The number of carbonyl (C=O) groups excluding carboxylic acids is 1. The summed E-state index contributed by atoms with van der Waals surface area (Å²) in [5, 5.41) is 3.59. The van der Waals surface area contributed by atoms with E-state index in [2.05, 4.69) is 23.0 Å². The van der Waals surface area contributed by atoms with Gasteiger partial charge in [0.05, 0.1) is 0 Å². The minimum Gasteiger partial charge on any atom is -0.488 e. The molecule has 0 saturated heterocycles. The lowest BCUT2D eigenvalue weighted by molar-refractivity contribution is -0.127. The lowest BCUT2D eigenvalue weighted by Crippen LogP contribution is -2.18. The number of hydrogen-bond acceptors (Lipinski definition) is 5. The molecule has 0 fully saturated rings. The van der Waals surface area contributed by atoms with Gasteiger partial charge in [0.25, 0.3) is 0 Å². The number of aryl methyl sites for hydroxylation is 1. The van der Waals surface area contributed by atoms with Gasteiger partial charge in [-0.1, -0.05) is 54.9 Å². The quantitative estimate of drug-likeness (QED) is 0.313. The Kier molecular flexibility index (Phi) is 7.01.